The van der Waals surface area contributed by atoms with Crippen LogP contribution in [0.3, 0.4) is 0 Å². The molecule has 0 fully saturated rings. The first-order chi connectivity index (χ1) is 7.83. The molecular weight excluding hydrogens is 200 g/mol. The van der Waals surface area contributed by atoms with Gasteiger partial charge in [-0.2, -0.15) is 0 Å². The molecule has 3 aromatic rings. The Morgan fingerprint density at radius 3 is 2.94 bits per heavy atom. The summed E-state index contributed by atoms with van der Waals surface area (Å²) < 4.78 is 7.38. The highest BCUT2D eigenvalue weighted by Gasteiger charge is 2.04. The van der Waals surface area contributed by atoms with E-state index >= 15 is 0 Å². The molecule has 16 heavy (non-hydrogen) atoms. The van der Waals surface area contributed by atoms with E-state index in [1.54, 1.807) is 0 Å². The molecule has 0 spiro atoms. The number of rotatable bonds is 2. The Bertz CT molecular complexity index is 621. The standard InChI is InChI=1S/C13H12N2O/c1-10-8-12(16-14-10)9-15-7-6-11-4-2-3-5-13(11)15/h2-8H,9H2,1H3. The number of hydrogen-bond donors (Lipinski definition) is 0. The monoisotopic (exact) mass is 212 g/mol. The lowest BCUT2D eigenvalue weighted by molar-refractivity contribution is 0.374. The van der Waals surface area contributed by atoms with Gasteiger partial charge < -0.3 is 9.09 Å². The fraction of sp³-hybridized carbons (Fsp3) is 0.154. The molecule has 80 valence electrons. The Balaban J connectivity index is 2.00. The van der Waals surface area contributed by atoms with Gasteiger partial charge in [0.15, 0.2) is 5.76 Å². The van der Waals surface area contributed by atoms with Crippen molar-refractivity contribution in [2.45, 2.75) is 13.5 Å². The predicted molar refractivity (Wildman–Crippen MR) is 62.3 cm³/mol. The summed E-state index contributed by atoms with van der Waals surface area (Å²) in [5, 5.41) is 5.14. The number of para-hydroxylation sites is 1. The van der Waals surface area contributed by atoms with Gasteiger partial charge in [0.2, 0.25) is 0 Å². The van der Waals surface area contributed by atoms with Gasteiger partial charge in [-0.05, 0) is 24.4 Å². The van der Waals surface area contributed by atoms with Crippen molar-refractivity contribution in [3.8, 4) is 0 Å². The Hall–Kier alpha value is -2.03. The number of fused-ring (bicyclic) bond motifs is 1. The number of benzene rings is 1. The lowest BCUT2D eigenvalue weighted by Crippen LogP contribution is -1.95. The SMILES string of the molecule is Cc1cc(Cn2ccc3ccccc32)on1. The topological polar surface area (TPSA) is 31.0 Å². The Labute approximate surface area is 93.3 Å². The first-order valence-electron chi connectivity index (χ1n) is 5.29. The summed E-state index contributed by atoms with van der Waals surface area (Å²) >= 11 is 0. The van der Waals surface area contributed by atoms with E-state index in [9.17, 15) is 0 Å². The maximum atomic E-state index is 5.22. The highest BCUT2D eigenvalue weighted by molar-refractivity contribution is 5.79. The fourth-order valence-electron chi connectivity index (χ4n) is 1.94. The largest absolute Gasteiger partial charge is 0.359 e. The minimum absolute atomic E-state index is 0.731. The maximum absolute atomic E-state index is 5.22. The van der Waals surface area contributed by atoms with Gasteiger partial charge in [0.05, 0.1) is 12.2 Å². The van der Waals surface area contributed by atoms with Crippen molar-refractivity contribution in [1.82, 2.24) is 9.72 Å². The van der Waals surface area contributed by atoms with E-state index in [4.69, 9.17) is 4.52 Å². The second-order valence-electron chi connectivity index (χ2n) is 3.94. The zero-order chi connectivity index (χ0) is 11.0. The highest BCUT2D eigenvalue weighted by Crippen LogP contribution is 2.16. The van der Waals surface area contributed by atoms with Crippen LogP contribution in [0.15, 0.2) is 47.1 Å². The van der Waals surface area contributed by atoms with Crippen LogP contribution in [0.2, 0.25) is 0 Å². The van der Waals surface area contributed by atoms with Crippen molar-refractivity contribution in [2.24, 2.45) is 0 Å². The molecule has 0 bridgehead atoms. The van der Waals surface area contributed by atoms with E-state index < -0.39 is 0 Å². The van der Waals surface area contributed by atoms with Crippen LogP contribution >= 0.6 is 0 Å². The van der Waals surface area contributed by atoms with Gasteiger partial charge in [-0.1, -0.05) is 23.4 Å². The molecule has 3 rings (SSSR count). The number of hydrogen-bond acceptors (Lipinski definition) is 2. The van der Waals surface area contributed by atoms with Gasteiger partial charge >= 0.3 is 0 Å². The average Bonchev–Trinajstić information content (AvgIpc) is 2.87. The van der Waals surface area contributed by atoms with E-state index in [1.807, 2.05) is 25.1 Å². The molecule has 0 radical (unpaired) electrons. The smallest absolute Gasteiger partial charge is 0.156 e. The van der Waals surface area contributed by atoms with Crippen molar-refractivity contribution < 1.29 is 4.52 Å². The summed E-state index contributed by atoms with van der Waals surface area (Å²) in [7, 11) is 0. The molecule has 0 aliphatic heterocycles. The molecule has 0 atom stereocenters. The zero-order valence-corrected chi connectivity index (χ0v) is 9.05. The average molecular weight is 212 g/mol. The van der Waals surface area contributed by atoms with Crippen molar-refractivity contribution in [3.63, 3.8) is 0 Å². The van der Waals surface area contributed by atoms with Crippen LogP contribution in [0, 0.1) is 6.92 Å². The Morgan fingerprint density at radius 2 is 2.12 bits per heavy atom. The summed E-state index contributed by atoms with van der Waals surface area (Å²) in [5.74, 6) is 0.888. The summed E-state index contributed by atoms with van der Waals surface area (Å²) in [4.78, 5) is 0. The second kappa shape index (κ2) is 3.52. The lowest BCUT2D eigenvalue weighted by Gasteiger charge is -2.01. The van der Waals surface area contributed by atoms with Gasteiger partial charge in [0, 0.05) is 17.8 Å². The molecule has 0 aliphatic rings. The molecule has 0 saturated heterocycles. The molecule has 0 unspecified atom stereocenters. The molecule has 0 amide bonds. The first-order valence-corrected chi connectivity index (χ1v) is 5.29. The van der Waals surface area contributed by atoms with Crippen LogP contribution in [0.4, 0.5) is 0 Å². The maximum Gasteiger partial charge on any atom is 0.156 e. The minimum atomic E-state index is 0.731. The summed E-state index contributed by atoms with van der Waals surface area (Å²) in [6.45, 7) is 2.66. The fourth-order valence-corrected chi connectivity index (χ4v) is 1.94. The first kappa shape index (κ1) is 9.21. The Kier molecular flexibility index (Phi) is 2.03. The molecule has 3 heteroatoms. The van der Waals surface area contributed by atoms with E-state index in [1.165, 1.54) is 10.9 Å². The molecule has 2 aromatic heterocycles. The van der Waals surface area contributed by atoms with Gasteiger partial charge in [-0.15, -0.1) is 0 Å². The zero-order valence-electron chi connectivity index (χ0n) is 9.05. The summed E-state index contributed by atoms with van der Waals surface area (Å²) in [5.41, 5.74) is 2.14. The molecule has 3 nitrogen and oxygen atoms in total. The molecule has 0 aliphatic carbocycles. The number of aryl methyl sites for hydroxylation is 1. The number of nitrogens with zero attached hydrogens (tertiary/aromatic N) is 2. The highest BCUT2D eigenvalue weighted by atomic mass is 16.5. The van der Waals surface area contributed by atoms with Gasteiger partial charge in [0.1, 0.15) is 0 Å². The molecule has 0 N–H and O–H groups in total. The molecule has 0 saturated carbocycles. The third kappa shape index (κ3) is 1.50. The minimum Gasteiger partial charge on any atom is -0.359 e. The van der Waals surface area contributed by atoms with Crippen LogP contribution in [0.25, 0.3) is 10.9 Å². The van der Waals surface area contributed by atoms with Crippen LogP contribution < -0.4 is 0 Å². The van der Waals surface area contributed by atoms with Crippen molar-refractivity contribution >= 4 is 10.9 Å². The van der Waals surface area contributed by atoms with Crippen molar-refractivity contribution in [3.05, 3.63) is 54.0 Å². The van der Waals surface area contributed by atoms with Gasteiger partial charge in [-0.3, -0.25) is 0 Å². The predicted octanol–water partition coefficient (Wildman–Crippen LogP) is 2.99. The summed E-state index contributed by atoms with van der Waals surface area (Å²) in [6, 6.07) is 12.4. The van der Waals surface area contributed by atoms with Crippen LogP contribution in [-0.2, 0) is 6.54 Å². The van der Waals surface area contributed by atoms with Crippen LogP contribution in [0.5, 0.6) is 0 Å². The lowest BCUT2D eigenvalue weighted by atomic mass is 10.2. The molecular formula is C13H12N2O. The van der Waals surface area contributed by atoms with E-state index in [0.29, 0.717) is 0 Å². The van der Waals surface area contributed by atoms with Crippen molar-refractivity contribution in [1.29, 1.82) is 0 Å². The summed E-state index contributed by atoms with van der Waals surface area (Å²) in [6.07, 6.45) is 2.07. The van der Waals surface area contributed by atoms with E-state index in [-0.39, 0.29) is 0 Å². The van der Waals surface area contributed by atoms with Gasteiger partial charge in [0.25, 0.3) is 0 Å². The normalized spacial score (nSPS) is 11.1. The van der Waals surface area contributed by atoms with Crippen LogP contribution in [0.1, 0.15) is 11.5 Å². The molecule has 1 aromatic carbocycles. The second-order valence-corrected chi connectivity index (χ2v) is 3.94. The van der Waals surface area contributed by atoms with Crippen molar-refractivity contribution in [2.75, 3.05) is 0 Å². The van der Waals surface area contributed by atoms with Crippen LogP contribution in [-0.4, -0.2) is 9.72 Å². The molecule has 2 heterocycles. The van der Waals surface area contributed by atoms with E-state index in [2.05, 4.69) is 34.1 Å². The third-order valence-electron chi connectivity index (χ3n) is 2.68. The third-order valence-corrected chi connectivity index (χ3v) is 2.68. The van der Waals surface area contributed by atoms with Gasteiger partial charge in [-0.25, -0.2) is 0 Å². The van der Waals surface area contributed by atoms with E-state index in [0.717, 1.165) is 18.0 Å². The Morgan fingerprint density at radius 1 is 1.25 bits per heavy atom. The number of aromatic nitrogens is 2. The quantitative estimate of drug-likeness (QED) is 0.653.